The van der Waals surface area contributed by atoms with E-state index in [0.29, 0.717) is 31.3 Å². The van der Waals surface area contributed by atoms with Crippen LogP contribution in [-0.2, 0) is 4.79 Å². The minimum atomic E-state index is -1.21. The lowest BCUT2D eigenvalue weighted by atomic mass is 9.71. The van der Waals surface area contributed by atoms with Crippen molar-refractivity contribution in [3.05, 3.63) is 12.7 Å². The summed E-state index contributed by atoms with van der Waals surface area (Å²) in [4.78, 5) is 33.1. The van der Waals surface area contributed by atoms with Crippen LogP contribution in [-0.4, -0.2) is 114 Å². The molecule has 240 valence electrons. The zero-order chi connectivity index (χ0) is 30.0. The zero-order valence-electron chi connectivity index (χ0n) is 25.8. The van der Waals surface area contributed by atoms with Gasteiger partial charge in [0.25, 0.3) is 0 Å². The highest BCUT2D eigenvalue weighted by Crippen LogP contribution is 2.45. The number of fused-ring (bicyclic) bond motifs is 6. The number of piperazine rings is 1. The van der Waals surface area contributed by atoms with Crippen molar-refractivity contribution in [2.24, 2.45) is 23.7 Å². The average Bonchev–Trinajstić information content (AvgIpc) is 3.79. The molecule has 2 aliphatic carbocycles. The molecule has 0 aromatic heterocycles. The topological polar surface area (TPSA) is 92.0 Å². The monoisotopic (exact) mass is 603 g/mol. The fraction of sp³-hybridized carbons (Fsp3) is 0.875. The quantitative estimate of drug-likeness (QED) is 0.371. The van der Waals surface area contributed by atoms with Crippen LogP contribution < -0.4 is 21.3 Å². The van der Waals surface area contributed by atoms with Crippen LogP contribution in [0.4, 0.5) is 13.6 Å². The average molecular weight is 604 g/mol. The number of halogens is 2. The lowest BCUT2D eigenvalue weighted by molar-refractivity contribution is -0.130. The van der Waals surface area contributed by atoms with Gasteiger partial charge in [0.15, 0.2) is 0 Å². The van der Waals surface area contributed by atoms with E-state index >= 15 is 8.78 Å². The fourth-order valence-corrected chi connectivity index (χ4v) is 10.0. The summed E-state index contributed by atoms with van der Waals surface area (Å²) >= 11 is 0. The van der Waals surface area contributed by atoms with Gasteiger partial charge in [0.1, 0.15) is 12.3 Å². The molecule has 0 aromatic rings. The Hall–Kier alpha value is -1.82. The van der Waals surface area contributed by atoms with E-state index in [-0.39, 0.29) is 66.8 Å². The largest absolute Gasteiger partial charge is 0.333 e. The molecule has 5 aliphatic heterocycles. The zero-order valence-corrected chi connectivity index (χ0v) is 25.8. The molecule has 0 radical (unpaired) electrons. The summed E-state index contributed by atoms with van der Waals surface area (Å²) in [5.41, 5.74) is 0. The molecule has 11 heteroatoms. The van der Waals surface area contributed by atoms with E-state index in [1.165, 1.54) is 6.08 Å². The van der Waals surface area contributed by atoms with Crippen LogP contribution in [0.2, 0.25) is 0 Å². The molecule has 3 amide bonds. The van der Waals surface area contributed by atoms with Crippen molar-refractivity contribution in [2.45, 2.75) is 126 Å². The second kappa shape index (κ2) is 11.8. The van der Waals surface area contributed by atoms with Crippen molar-refractivity contribution < 1.29 is 18.4 Å². The van der Waals surface area contributed by atoms with Gasteiger partial charge in [-0.25, -0.2) is 13.6 Å². The van der Waals surface area contributed by atoms with Crippen molar-refractivity contribution in [1.29, 1.82) is 0 Å². The maximum atomic E-state index is 16.5. The standard InChI is InChI=1S/C32H51F2N7O2/c1-4-25(42)39-13-14-40(24-16-23(24)39)30-19-15-21(34)28-26-20(33)8-5-9-22(26)35-11-6-7-18-10-12-36-27(17(2)3)29(18)41(31(19)37-28)32(43)38-30/h4,17-24,26-31,35-37H,1,5-16H2,2-3H3,(H,38,43)/t18?,19?,20?,21?,22?,23-,24+,26?,27?,28?,29?,30?,31?/m1/s1. The number of hydrogen-bond donors (Lipinski definition) is 4. The molecule has 4 N–H and O–H groups in total. The molecule has 7 rings (SSSR count). The molecule has 0 spiro atoms. The summed E-state index contributed by atoms with van der Waals surface area (Å²) < 4.78 is 32.3. The molecular weight excluding hydrogens is 552 g/mol. The SMILES string of the molecule is C=CC(=O)N1CCN(C2NC(=O)N3C4NC(C(F)CC42)C2C(F)CCCC2NCCCC2CCNC(C(C)C)C23)[C@H]2C[C@H]21. The third-order valence-electron chi connectivity index (χ3n) is 12.1. The number of carbonyl (C=O) groups is 2. The molecule has 13 atom stereocenters. The maximum absolute atomic E-state index is 16.5. The van der Waals surface area contributed by atoms with E-state index < -0.39 is 24.3 Å². The van der Waals surface area contributed by atoms with Crippen LogP contribution in [0.25, 0.3) is 0 Å². The predicted molar refractivity (Wildman–Crippen MR) is 160 cm³/mol. The van der Waals surface area contributed by atoms with Gasteiger partial charge in [-0.1, -0.05) is 20.4 Å². The summed E-state index contributed by atoms with van der Waals surface area (Å²) in [6, 6.07) is -0.477. The maximum Gasteiger partial charge on any atom is 0.320 e. The predicted octanol–water partition coefficient (Wildman–Crippen LogP) is 2.34. The first-order valence-electron chi connectivity index (χ1n) is 17.1. The van der Waals surface area contributed by atoms with E-state index in [1.54, 1.807) is 0 Å². The number of hydrogen-bond acceptors (Lipinski definition) is 6. The lowest BCUT2D eigenvalue weighted by Crippen LogP contribution is -2.79. The molecule has 43 heavy (non-hydrogen) atoms. The second-order valence-electron chi connectivity index (χ2n) is 14.7. The Bertz CT molecular complexity index is 1080. The van der Waals surface area contributed by atoms with Gasteiger partial charge in [-0.15, -0.1) is 0 Å². The minimum Gasteiger partial charge on any atom is -0.333 e. The highest BCUT2D eigenvalue weighted by Gasteiger charge is 2.60. The summed E-state index contributed by atoms with van der Waals surface area (Å²) in [6.45, 7) is 11.0. The van der Waals surface area contributed by atoms with Crippen LogP contribution in [0.1, 0.15) is 65.2 Å². The molecule has 7 aliphatic rings. The van der Waals surface area contributed by atoms with E-state index in [9.17, 15) is 9.59 Å². The second-order valence-corrected chi connectivity index (χ2v) is 14.7. The number of alkyl halides is 2. The van der Waals surface area contributed by atoms with Gasteiger partial charge in [0.05, 0.1) is 18.4 Å². The van der Waals surface area contributed by atoms with Crippen LogP contribution in [0.3, 0.4) is 0 Å². The van der Waals surface area contributed by atoms with E-state index in [2.05, 4.69) is 46.6 Å². The summed E-state index contributed by atoms with van der Waals surface area (Å²) in [6.07, 6.45) is 4.61. The highest BCUT2D eigenvalue weighted by molar-refractivity contribution is 5.87. The number of carbonyl (C=O) groups excluding carboxylic acids is 2. The van der Waals surface area contributed by atoms with Gasteiger partial charge >= 0.3 is 6.03 Å². The van der Waals surface area contributed by atoms with E-state index in [1.807, 2.05) is 9.80 Å². The van der Waals surface area contributed by atoms with Gasteiger partial charge in [-0.05, 0) is 82.4 Å². The summed E-state index contributed by atoms with van der Waals surface area (Å²) in [5.74, 6) is -0.0614. The lowest BCUT2D eigenvalue weighted by Gasteiger charge is -2.60. The van der Waals surface area contributed by atoms with Crippen molar-refractivity contribution in [1.82, 2.24) is 36.0 Å². The summed E-state index contributed by atoms with van der Waals surface area (Å²) in [5, 5.41) is 14.5. The first kappa shape index (κ1) is 29.9. The fourth-order valence-electron chi connectivity index (χ4n) is 10.0. The van der Waals surface area contributed by atoms with Gasteiger partial charge in [0, 0.05) is 55.1 Å². The Morgan fingerprint density at radius 2 is 1.81 bits per heavy atom. The van der Waals surface area contributed by atoms with Crippen LogP contribution in [0, 0.1) is 23.7 Å². The molecule has 7 fully saturated rings. The normalized spacial score (nSPS) is 46.8. The Morgan fingerprint density at radius 3 is 2.60 bits per heavy atom. The number of nitrogens with one attached hydrogen (secondary N) is 4. The smallest absolute Gasteiger partial charge is 0.320 e. The number of piperidine rings is 2. The molecule has 2 bridgehead atoms. The number of nitrogens with zero attached hydrogens (tertiary/aromatic N) is 3. The van der Waals surface area contributed by atoms with Crippen LogP contribution in [0.5, 0.6) is 0 Å². The molecule has 9 nitrogen and oxygen atoms in total. The Labute approximate surface area is 254 Å². The Morgan fingerprint density at radius 1 is 0.977 bits per heavy atom. The van der Waals surface area contributed by atoms with Crippen LogP contribution >= 0.6 is 0 Å². The number of amides is 3. The van der Waals surface area contributed by atoms with Gasteiger partial charge in [-0.2, -0.15) is 0 Å². The van der Waals surface area contributed by atoms with Crippen molar-refractivity contribution >= 4 is 11.9 Å². The first-order chi connectivity index (χ1) is 20.8. The van der Waals surface area contributed by atoms with Crippen molar-refractivity contribution in [3.63, 3.8) is 0 Å². The molecule has 2 saturated carbocycles. The Kier molecular flexibility index (Phi) is 8.22. The first-order valence-corrected chi connectivity index (χ1v) is 17.1. The van der Waals surface area contributed by atoms with Gasteiger partial charge in [-0.3, -0.25) is 15.0 Å². The van der Waals surface area contributed by atoms with Crippen LogP contribution in [0.15, 0.2) is 12.7 Å². The van der Waals surface area contributed by atoms with Gasteiger partial charge < -0.3 is 25.8 Å². The van der Waals surface area contributed by atoms with Crippen molar-refractivity contribution in [2.75, 3.05) is 26.2 Å². The van der Waals surface area contributed by atoms with Gasteiger partial charge in [0.2, 0.25) is 5.91 Å². The van der Waals surface area contributed by atoms with Crippen molar-refractivity contribution in [3.8, 4) is 0 Å². The Balaban J connectivity index is 1.25. The van der Waals surface area contributed by atoms with E-state index in [0.717, 1.165) is 51.6 Å². The number of rotatable bonds is 3. The minimum absolute atomic E-state index is 0.0370. The molecule has 0 aromatic carbocycles. The molecule has 5 heterocycles. The van der Waals surface area contributed by atoms with E-state index in [4.69, 9.17) is 0 Å². The number of urea groups is 1. The molecule has 11 unspecified atom stereocenters. The summed E-state index contributed by atoms with van der Waals surface area (Å²) in [7, 11) is 0. The molecule has 5 saturated heterocycles. The molecular formula is C32H51F2N7O2. The highest BCUT2D eigenvalue weighted by atomic mass is 19.1. The third-order valence-corrected chi connectivity index (χ3v) is 12.1. The third kappa shape index (κ3) is 5.20.